The third kappa shape index (κ3) is 5.94. The minimum Gasteiger partial charge on any atom is -0.507 e. The smallest absolute Gasteiger partial charge is 0.412 e. The fraction of sp³-hybridized carbons (Fsp3) is 0.211. The zero-order valence-electron chi connectivity index (χ0n) is 14.8. The second kappa shape index (κ2) is 8.15. The molecule has 0 radical (unpaired) electrons. The van der Waals surface area contributed by atoms with Crippen LogP contribution in [0.1, 0.15) is 36.7 Å². The molecule has 0 aliphatic carbocycles. The lowest BCUT2D eigenvalue weighted by atomic mass is 10.2. The maximum Gasteiger partial charge on any atom is 0.412 e. The van der Waals surface area contributed by atoms with Crippen molar-refractivity contribution in [2.45, 2.75) is 26.4 Å². The number of benzene rings is 2. The summed E-state index contributed by atoms with van der Waals surface area (Å²) >= 11 is 0. The molecular weight excluding hydrogens is 334 g/mol. The zero-order valence-corrected chi connectivity index (χ0v) is 14.8. The molecule has 2 rings (SSSR count). The Morgan fingerprint density at radius 2 is 1.73 bits per heavy atom. The summed E-state index contributed by atoms with van der Waals surface area (Å²) in [4.78, 5) is 23.6. The molecule has 7 nitrogen and oxygen atoms in total. The Morgan fingerprint density at radius 1 is 1.08 bits per heavy atom. The fourth-order valence-corrected chi connectivity index (χ4v) is 1.97. The molecule has 26 heavy (non-hydrogen) atoms. The second-order valence-corrected chi connectivity index (χ2v) is 6.47. The molecule has 0 spiro atoms. The van der Waals surface area contributed by atoms with E-state index >= 15 is 0 Å². The molecule has 0 saturated carbocycles. The van der Waals surface area contributed by atoms with Crippen molar-refractivity contribution in [2.24, 2.45) is 5.10 Å². The van der Waals surface area contributed by atoms with Gasteiger partial charge in [0, 0.05) is 5.69 Å². The van der Waals surface area contributed by atoms with Gasteiger partial charge in [-0.3, -0.25) is 10.1 Å². The summed E-state index contributed by atoms with van der Waals surface area (Å²) < 4.78 is 5.17. The van der Waals surface area contributed by atoms with Crippen LogP contribution in [0.3, 0.4) is 0 Å². The molecule has 0 aliphatic heterocycles. The Bertz CT molecular complexity index is 808. The third-order valence-corrected chi connectivity index (χ3v) is 3.08. The Hall–Kier alpha value is -3.35. The Morgan fingerprint density at radius 3 is 2.35 bits per heavy atom. The summed E-state index contributed by atoms with van der Waals surface area (Å²) in [7, 11) is 0. The SMILES string of the molecule is CC(C)(C)OC(=O)Nc1ccc(C=NNC(=O)c2ccccc2O)cc1. The number of nitrogens with zero attached hydrogens (tertiary/aromatic N) is 1. The number of anilines is 1. The van der Waals surface area contributed by atoms with Gasteiger partial charge in [-0.05, 0) is 50.6 Å². The van der Waals surface area contributed by atoms with Crippen molar-refractivity contribution in [3.63, 3.8) is 0 Å². The van der Waals surface area contributed by atoms with Crippen LogP contribution in [0.25, 0.3) is 0 Å². The van der Waals surface area contributed by atoms with Gasteiger partial charge in [0.2, 0.25) is 0 Å². The Balaban J connectivity index is 1.90. The third-order valence-electron chi connectivity index (χ3n) is 3.08. The van der Waals surface area contributed by atoms with E-state index in [2.05, 4.69) is 15.8 Å². The number of carbonyl (C=O) groups excluding carboxylic acids is 2. The second-order valence-electron chi connectivity index (χ2n) is 6.47. The molecule has 0 atom stereocenters. The molecule has 0 unspecified atom stereocenters. The summed E-state index contributed by atoms with van der Waals surface area (Å²) in [5, 5.41) is 16.1. The van der Waals surface area contributed by atoms with Gasteiger partial charge in [-0.2, -0.15) is 5.10 Å². The molecule has 0 aromatic heterocycles. The van der Waals surface area contributed by atoms with E-state index < -0.39 is 17.6 Å². The highest BCUT2D eigenvalue weighted by atomic mass is 16.6. The average molecular weight is 355 g/mol. The van der Waals surface area contributed by atoms with Gasteiger partial charge in [0.15, 0.2) is 0 Å². The van der Waals surface area contributed by atoms with E-state index in [4.69, 9.17) is 4.74 Å². The predicted octanol–water partition coefficient (Wildman–Crippen LogP) is 3.50. The van der Waals surface area contributed by atoms with Crippen LogP contribution < -0.4 is 10.7 Å². The highest BCUT2D eigenvalue weighted by Crippen LogP contribution is 2.15. The van der Waals surface area contributed by atoms with Crippen molar-refractivity contribution < 1.29 is 19.4 Å². The lowest BCUT2D eigenvalue weighted by Gasteiger charge is -2.19. The van der Waals surface area contributed by atoms with E-state index in [9.17, 15) is 14.7 Å². The van der Waals surface area contributed by atoms with Crippen molar-refractivity contribution in [2.75, 3.05) is 5.32 Å². The van der Waals surface area contributed by atoms with Gasteiger partial charge in [0.05, 0.1) is 11.8 Å². The molecule has 2 aromatic carbocycles. The number of hydrogen-bond acceptors (Lipinski definition) is 5. The van der Waals surface area contributed by atoms with Crippen LogP contribution in [0.2, 0.25) is 0 Å². The minimum absolute atomic E-state index is 0.113. The average Bonchev–Trinajstić information content (AvgIpc) is 2.55. The first-order chi connectivity index (χ1) is 12.2. The molecule has 7 heteroatoms. The first-order valence-electron chi connectivity index (χ1n) is 7.96. The monoisotopic (exact) mass is 355 g/mol. The number of phenolic OH excluding ortho intramolecular Hbond substituents is 1. The molecule has 3 N–H and O–H groups in total. The van der Waals surface area contributed by atoms with Crippen LogP contribution in [-0.4, -0.2) is 28.9 Å². The normalized spacial score (nSPS) is 11.2. The quantitative estimate of drug-likeness (QED) is 0.577. The highest BCUT2D eigenvalue weighted by molar-refractivity contribution is 5.97. The molecule has 0 heterocycles. The van der Waals surface area contributed by atoms with Gasteiger partial charge in [-0.15, -0.1) is 0 Å². The van der Waals surface area contributed by atoms with Crippen molar-refractivity contribution in [3.05, 3.63) is 59.7 Å². The van der Waals surface area contributed by atoms with Crippen LogP contribution in [-0.2, 0) is 4.74 Å². The van der Waals surface area contributed by atoms with Gasteiger partial charge in [0.25, 0.3) is 5.91 Å². The van der Waals surface area contributed by atoms with Crippen LogP contribution >= 0.6 is 0 Å². The summed E-state index contributed by atoms with van der Waals surface area (Å²) in [5.74, 6) is -0.625. The van der Waals surface area contributed by atoms with Crippen LogP contribution in [0.5, 0.6) is 5.75 Å². The van der Waals surface area contributed by atoms with Gasteiger partial charge < -0.3 is 9.84 Å². The summed E-state index contributed by atoms with van der Waals surface area (Å²) in [6, 6.07) is 13.0. The van der Waals surface area contributed by atoms with E-state index in [1.807, 2.05) is 0 Å². The van der Waals surface area contributed by atoms with E-state index in [1.54, 1.807) is 57.2 Å². The molecule has 0 fully saturated rings. The molecule has 136 valence electrons. The van der Waals surface area contributed by atoms with Gasteiger partial charge >= 0.3 is 6.09 Å². The van der Waals surface area contributed by atoms with E-state index in [0.717, 1.165) is 5.56 Å². The Kier molecular flexibility index (Phi) is 5.95. The number of ether oxygens (including phenoxy) is 1. The number of amides is 2. The standard InChI is InChI=1S/C19H21N3O4/c1-19(2,3)26-18(25)21-14-10-8-13(9-11-14)12-20-22-17(24)15-6-4-5-7-16(15)23/h4-12,23H,1-3H3,(H,21,25)(H,22,24). The molecule has 0 aliphatic rings. The van der Waals surface area contributed by atoms with Crippen molar-refractivity contribution in [1.82, 2.24) is 5.43 Å². The maximum absolute atomic E-state index is 11.9. The van der Waals surface area contributed by atoms with Crippen molar-refractivity contribution in [1.29, 1.82) is 0 Å². The van der Waals surface area contributed by atoms with Crippen molar-refractivity contribution in [3.8, 4) is 5.75 Å². The Labute approximate surface area is 151 Å². The van der Waals surface area contributed by atoms with Gasteiger partial charge in [-0.1, -0.05) is 24.3 Å². The predicted molar refractivity (Wildman–Crippen MR) is 99.5 cm³/mol. The van der Waals surface area contributed by atoms with E-state index in [-0.39, 0.29) is 11.3 Å². The number of nitrogens with one attached hydrogen (secondary N) is 2. The number of hydrogen-bond donors (Lipinski definition) is 3. The molecule has 2 amide bonds. The maximum atomic E-state index is 11.9. The minimum atomic E-state index is -0.567. The number of aromatic hydroxyl groups is 1. The number of carbonyl (C=O) groups is 2. The van der Waals surface area contributed by atoms with Crippen LogP contribution in [0.15, 0.2) is 53.6 Å². The number of phenols is 1. The van der Waals surface area contributed by atoms with Crippen LogP contribution in [0, 0.1) is 0 Å². The summed E-state index contributed by atoms with van der Waals surface area (Å²) in [6.07, 6.45) is 0.920. The molecule has 0 bridgehead atoms. The van der Waals surface area contributed by atoms with Crippen LogP contribution in [0.4, 0.5) is 10.5 Å². The number of rotatable bonds is 4. The summed E-state index contributed by atoms with van der Waals surface area (Å²) in [6.45, 7) is 5.36. The largest absolute Gasteiger partial charge is 0.507 e. The lowest BCUT2D eigenvalue weighted by Crippen LogP contribution is -2.27. The first-order valence-corrected chi connectivity index (χ1v) is 7.96. The topological polar surface area (TPSA) is 100 Å². The fourth-order valence-electron chi connectivity index (χ4n) is 1.97. The molecule has 2 aromatic rings. The van der Waals surface area contributed by atoms with E-state index in [0.29, 0.717) is 5.69 Å². The first kappa shape index (κ1) is 19.0. The molecule has 0 saturated heterocycles. The molecular formula is C19H21N3O4. The number of hydrazone groups is 1. The number of para-hydroxylation sites is 1. The van der Waals surface area contributed by atoms with E-state index in [1.165, 1.54) is 18.3 Å². The van der Waals surface area contributed by atoms with Gasteiger partial charge in [0.1, 0.15) is 11.4 Å². The lowest BCUT2D eigenvalue weighted by molar-refractivity contribution is 0.0635. The highest BCUT2D eigenvalue weighted by Gasteiger charge is 2.16. The zero-order chi connectivity index (χ0) is 19.2. The summed E-state index contributed by atoms with van der Waals surface area (Å²) in [5.41, 5.74) is 3.21. The van der Waals surface area contributed by atoms with Crippen molar-refractivity contribution >= 4 is 23.9 Å². The van der Waals surface area contributed by atoms with Gasteiger partial charge in [-0.25, -0.2) is 10.2 Å².